The first-order valence-electron chi connectivity index (χ1n) is 9.15. The van der Waals surface area contributed by atoms with Crippen molar-refractivity contribution in [2.24, 2.45) is 0 Å². The van der Waals surface area contributed by atoms with Crippen LogP contribution in [0.1, 0.15) is 82.1 Å². The van der Waals surface area contributed by atoms with E-state index in [1.807, 2.05) is 29.8 Å². The highest BCUT2D eigenvalue weighted by Gasteiger charge is 2.12. The molecule has 3 nitrogen and oxygen atoms in total. The summed E-state index contributed by atoms with van der Waals surface area (Å²) in [6.45, 7) is 5.30. The Morgan fingerprint density at radius 1 is 1.13 bits per heavy atom. The molecule has 23 heavy (non-hydrogen) atoms. The first kappa shape index (κ1) is 20.1. The van der Waals surface area contributed by atoms with Crippen molar-refractivity contribution in [2.75, 3.05) is 6.61 Å². The van der Waals surface area contributed by atoms with E-state index in [1.165, 1.54) is 38.5 Å². The normalized spacial score (nSPS) is 12.3. The van der Waals surface area contributed by atoms with Gasteiger partial charge in [0.05, 0.1) is 6.61 Å². The summed E-state index contributed by atoms with van der Waals surface area (Å²) in [6.07, 6.45) is 12.9. The van der Waals surface area contributed by atoms with Crippen LogP contribution < -0.4 is 0 Å². The lowest BCUT2D eigenvalue weighted by Crippen LogP contribution is -2.12. The third-order valence-electron chi connectivity index (χ3n) is 4.10. The van der Waals surface area contributed by atoms with Crippen molar-refractivity contribution in [3.05, 3.63) is 24.0 Å². The Balaban J connectivity index is 2.16. The molecule has 0 amide bonds. The molecule has 0 bridgehead atoms. The number of aryl methyl sites for hydroxylation is 1. The zero-order valence-corrected chi connectivity index (χ0v) is 15.5. The summed E-state index contributed by atoms with van der Waals surface area (Å²) in [4.78, 5) is 11.8. The number of ether oxygens (including phenoxy) is 1. The molecule has 0 fully saturated rings. The average molecular weight is 342 g/mol. The van der Waals surface area contributed by atoms with Crippen molar-refractivity contribution in [3.63, 3.8) is 0 Å². The van der Waals surface area contributed by atoms with Crippen LogP contribution in [0.15, 0.2) is 18.3 Å². The summed E-state index contributed by atoms with van der Waals surface area (Å²) in [6, 6.07) is 3.70. The molecule has 4 heteroatoms. The average Bonchev–Trinajstić information content (AvgIpc) is 2.99. The van der Waals surface area contributed by atoms with Crippen LogP contribution in [-0.2, 0) is 11.3 Å². The number of unbranched alkanes of at least 4 members (excludes halogenated alkanes) is 5. The van der Waals surface area contributed by atoms with Crippen molar-refractivity contribution < 1.29 is 9.53 Å². The molecule has 0 spiro atoms. The molecule has 0 saturated heterocycles. The number of carbonyl (C=O) groups is 1. The molecule has 1 heterocycles. The van der Waals surface area contributed by atoms with E-state index in [9.17, 15) is 4.79 Å². The quantitative estimate of drug-likeness (QED) is 0.258. The Hall–Kier alpha value is -0.960. The molecule has 132 valence electrons. The van der Waals surface area contributed by atoms with E-state index in [2.05, 4.69) is 6.92 Å². The van der Waals surface area contributed by atoms with E-state index in [4.69, 9.17) is 16.3 Å². The molecular formula is C19H32ClNO2. The van der Waals surface area contributed by atoms with Gasteiger partial charge in [0.15, 0.2) is 0 Å². The van der Waals surface area contributed by atoms with Crippen molar-refractivity contribution in [1.29, 1.82) is 0 Å². The van der Waals surface area contributed by atoms with Gasteiger partial charge < -0.3 is 9.30 Å². The van der Waals surface area contributed by atoms with E-state index >= 15 is 0 Å². The monoisotopic (exact) mass is 341 g/mol. The van der Waals surface area contributed by atoms with Gasteiger partial charge in [-0.3, -0.25) is 0 Å². The molecule has 0 aliphatic rings. The summed E-state index contributed by atoms with van der Waals surface area (Å²) >= 11 is 6.41. The van der Waals surface area contributed by atoms with E-state index < -0.39 is 0 Å². The zero-order valence-electron chi connectivity index (χ0n) is 14.7. The number of rotatable bonds is 13. The summed E-state index contributed by atoms with van der Waals surface area (Å²) in [5.41, 5.74) is 0.633. The maximum atomic E-state index is 11.8. The van der Waals surface area contributed by atoms with Crippen LogP contribution in [0, 0.1) is 0 Å². The predicted octanol–water partition coefficient (Wildman–Crippen LogP) is 5.80. The molecule has 0 radical (unpaired) electrons. The van der Waals surface area contributed by atoms with Gasteiger partial charge in [-0.25, -0.2) is 4.79 Å². The maximum Gasteiger partial charge on any atom is 0.354 e. The third-order valence-corrected chi connectivity index (χ3v) is 4.54. The molecule has 1 unspecified atom stereocenters. The van der Waals surface area contributed by atoms with Gasteiger partial charge >= 0.3 is 5.97 Å². The van der Waals surface area contributed by atoms with Crippen molar-refractivity contribution in [1.82, 2.24) is 4.57 Å². The van der Waals surface area contributed by atoms with Gasteiger partial charge in [0, 0.05) is 18.1 Å². The molecule has 0 aliphatic carbocycles. The highest BCUT2D eigenvalue weighted by Crippen LogP contribution is 2.17. The Morgan fingerprint density at radius 3 is 2.57 bits per heavy atom. The largest absolute Gasteiger partial charge is 0.461 e. The molecule has 1 atom stereocenters. The highest BCUT2D eigenvalue weighted by molar-refractivity contribution is 6.20. The van der Waals surface area contributed by atoms with Gasteiger partial charge in [0.2, 0.25) is 0 Å². The van der Waals surface area contributed by atoms with Gasteiger partial charge in [0.1, 0.15) is 5.69 Å². The Kier molecular flexibility index (Phi) is 10.9. The second-order valence-electron chi connectivity index (χ2n) is 6.10. The van der Waals surface area contributed by atoms with Crippen LogP contribution in [0.3, 0.4) is 0 Å². The SMILES string of the molecule is CCCCCCCCC(Cl)CCCn1cccc1C(=O)OCC. The summed E-state index contributed by atoms with van der Waals surface area (Å²) in [5, 5.41) is 0.253. The number of esters is 1. The second-order valence-corrected chi connectivity index (χ2v) is 6.72. The van der Waals surface area contributed by atoms with Crippen LogP contribution in [0.5, 0.6) is 0 Å². The number of nitrogens with zero attached hydrogens (tertiary/aromatic N) is 1. The maximum absolute atomic E-state index is 11.8. The minimum absolute atomic E-state index is 0.244. The summed E-state index contributed by atoms with van der Waals surface area (Å²) in [5.74, 6) is -0.244. The molecule has 1 rings (SSSR count). The highest BCUT2D eigenvalue weighted by atomic mass is 35.5. The number of halogens is 1. The lowest BCUT2D eigenvalue weighted by atomic mass is 10.1. The Morgan fingerprint density at radius 2 is 1.83 bits per heavy atom. The van der Waals surface area contributed by atoms with Crippen LogP contribution >= 0.6 is 11.6 Å². The second kappa shape index (κ2) is 12.5. The van der Waals surface area contributed by atoms with Crippen LogP contribution in [0.4, 0.5) is 0 Å². The minimum Gasteiger partial charge on any atom is -0.461 e. The summed E-state index contributed by atoms with van der Waals surface area (Å²) < 4.78 is 7.03. The molecule has 0 saturated carbocycles. The van der Waals surface area contributed by atoms with E-state index in [0.29, 0.717) is 12.3 Å². The van der Waals surface area contributed by atoms with Gasteiger partial charge in [-0.05, 0) is 38.3 Å². The van der Waals surface area contributed by atoms with Gasteiger partial charge in [-0.2, -0.15) is 0 Å². The number of aromatic nitrogens is 1. The van der Waals surface area contributed by atoms with Crippen LogP contribution in [0.25, 0.3) is 0 Å². The van der Waals surface area contributed by atoms with Crippen molar-refractivity contribution >= 4 is 17.6 Å². The smallest absolute Gasteiger partial charge is 0.354 e. The molecule has 0 N–H and O–H groups in total. The fourth-order valence-corrected chi connectivity index (χ4v) is 3.08. The first-order chi connectivity index (χ1) is 11.2. The lowest BCUT2D eigenvalue weighted by Gasteiger charge is -2.11. The van der Waals surface area contributed by atoms with Crippen LogP contribution in [-0.4, -0.2) is 22.5 Å². The van der Waals surface area contributed by atoms with Gasteiger partial charge in [0.25, 0.3) is 0 Å². The van der Waals surface area contributed by atoms with E-state index in [1.54, 1.807) is 0 Å². The Labute approximate surface area is 146 Å². The standard InChI is InChI=1S/C19H32ClNO2/c1-3-5-6-7-8-9-12-17(20)13-10-15-21-16-11-14-18(21)19(22)23-4-2/h11,14,16-17H,3-10,12-13,15H2,1-2H3. The lowest BCUT2D eigenvalue weighted by molar-refractivity contribution is 0.0513. The van der Waals surface area contributed by atoms with Crippen molar-refractivity contribution in [2.45, 2.75) is 83.6 Å². The summed E-state index contributed by atoms with van der Waals surface area (Å²) in [7, 11) is 0. The number of hydrogen-bond donors (Lipinski definition) is 0. The first-order valence-corrected chi connectivity index (χ1v) is 9.59. The number of carbonyl (C=O) groups excluding carboxylic acids is 1. The minimum atomic E-state index is -0.244. The molecule has 0 aliphatic heterocycles. The molecule has 1 aromatic heterocycles. The van der Waals surface area contributed by atoms with E-state index in [0.717, 1.165) is 25.8 Å². The van der Waals surface area contributed by atoms with Gasteiger partial charge in [-0.15, -0.1) is 11.6 Å². The fourth-order valence-electron chi connectivity index (χ4n) is 2.77. The molecular weight excluding hydrogens is 310 g/mol. The van der Waals surface area contributed by atoms with Crippen LogP contribution in [0.2, 0.25) is 0 Å². The Bertz CT molecular complexity index is 431. The number of alkyl halides is 1. The fraction of sp³-hybridized carbons (Fsp3) is 0.737. The van der Waals surface area contributed by atoms with E-state index in [-0.39, 0.29) is 11.3 Å². The predicted molar refractivity (Wildman–Crippen MR) is 97.3 cm³/mol. The number of hydrogen-bond acceptors (Lipinski definition) is 2. The van der Waals surface area contributed by atoms with Gasteiger partial charge in [-0.1, -0.05) is 45.4 Å². The third kappa shape index (κ3) is 8.45. The molecule has 0 aromatic carbocycles. The van der Waals surface area contributed by atoms with Crippen molar-refractivity contribution in [3.8, 4) is 0 Å². The molecule has 1 aromatic rings. The topological polar surface area (TPSA) is 31.2 Å². The zero-order chi connectivity index (χ0) is 16.9.